The minimum Gasteiger partial charge on any atom is -0.330 e. The first kappa shape index (κ1) is 16.6. The summed E-state index contributed by atoms with van der Waals surface area (Å²) in [4.78, 5) is 11.8. The van der Waals surface area contributed by atoms with Gasteiger partial charge < -0.3 is 11.1 Å². The fourth-order valence-electron chi connectivity index (χ4n) is 2.14. The molecule has 1 aromatic rings. The second-order valence-electron chi connectivity index (χ2n) is 5.30. The van der Waals surface area contributed by atoms with Crippen LogP contribution in [0.4, 0.5) is 14.5 Å². The first-order valence-corrected chi connectivity index (χ1v) is 6.89. The topological polar surface area (TPSA) is 55.1 Å². The average Bonchev–Trinajstić information content (AvgIpc) is 2.38. The van der Waals surface area contributed by atoms with Gasteiger partial charge in [0, 0.05) is 18.2 Å². The highest BCUT2D eigenvalue weighted by Gasteiger charge is 2.14. The third-order valence-electron chi connectivity index (χ3n) is 3.43. The molecule has 5 heteroatoms. The van der Waals surface area contributed by atoms with Crippen molar-refractivity contribution in [2.75, 3.05) is 11.9 Å². The summed E-state index contributed by atoms with van der Waals surface area (Å²) >= 11 is 0. The quantitative estimate of drug-likeness (QED) is 0.807. The van der Waals surface area contributed by atoms with Gasteiger partial charge in [-0.1, -0.05) is 13.8 Å². The van der Waals surface area contributed by atoms with Gasteiger partial charge in [0.05, 0.1) is 0 Å². The molecule has 3 nitrogen and oxygen atoms in total. The fraction of sp³-hybridized carbons (Fsp3) is 0.533. The maximum Gasteiger partial charge on any atom is 0.224 e. The second-order valence-corrected chi connectivity index (χ2v) is 5.30. The Morgan fingerprint density at radius 2 is 1.95 bits per heavy atom. The Bertz CT molecular complexity index is 449. The number of carbonyl (C=O) groups is 1. The van der Waals surface area contributed by atoms with Gasteiger partial charge in [0.25, 0.3) is 0 Å². The molecule has 20 heavy (non-hydrogen) atoms. The highest BCUT2D eigenvalue weighted by atomic mass is 19.2. The molecular weight excluding hydrogens is 262 g/mol. The molecule has 0 aromatic heterocycles. The van der Waals surface area contributed by atoms with E-state index in [2.05, 4.69) is 19.2 Å². The highest BCUT2D eigenvalue weighted by Crippen LogP contribution is 2.21. The van der Waals surface area contributed by atoms with Gasteiger partial charge in [0.1, 0.15) is 0 Å². The predicted molar refractivity (Wildman–Crippen MR) is 76.2 cm³/mol. The molecule has 0 saturated carbocycles. The van der Waals surface area contributed by atoms with Crippen LogP contribution < -0.4 is 11.1 Å². The molecule has 0 heterocycles. The summed E-state index contributed by atoms with van der Waals surface area (Å²) in [5.41, 5.74) is 5.82. The van der Waals surface area contributed by atoms with E-state index in [4.69, 9.17) is 5.73 Å². The van der Waals surface area contributed by atoms with Crippen LogP contribution in [0, 0.1) is 23.5 Å². The number of benzene rings is 1. The Morgan fingerprint density at radius 1 is 1.25 bits per heavy atom. The third-order valence-corrected chi connectivity index (χ3v) is 3.43. The van der Waals surface area contributed by atoms with E-state index in [0.29, 0.717) is 24.8 Å². The summed E-state index contributed by atoms with van der Waals surface area (Å²) in [7, 11) is 0. The summed E-state index contributed by atoms with van der Waals surface area (Å²) < 4.78 is 25.8. The minimum atomic E-state index is -0.967. The minimum absolute atomic E-state index is 0.196. The average molecular weight is 284 g/mol. The number of carbonyl (C=O) groups excluding carboxylic acids is 1. The molecule has 0 aliphatic heterocycles. The molecule has 1 atom stereocenters. The van der Waals surface area contributed by atoms with Crippen molar-refractivity contribution in [2.24, 2.45) is 17.6 Å². The maximum atomic E-state index is 13.0. The number of halogens is 2. The van der Waals surface area contributed by atoms with Gasteiger partial charge in [0.15, 0.2) is 11.6 Å². The molecule has 0 bridgehead atoms. The number of hydrogen-bond donors (Lipinski definition) is 2. The van der Waals surface area contributed by atoms with Gasteiger partial charge in [0.2, 0.25) is 5.91 Å². The lowest BCUT2D eigenvalue weighted by atomic mass is 9.88. The molecule has 3 N–H and O–H groups in total. The summed E-state index contributed by atoms with van der Waals surface area (Å²) in [6.07, 6.45) is 1.97. The molecule has 112 valence electrons. The highest BCUT2D eigenvalue weighted by molar-refractivity contribution is 5.90. The summed E-state index contributed by atoms with van der Waals surface area (Å²) in [5, 5.41) is 2.57. The van der Waals surface area contributed by atoms with Gasteiger partial charge in [-0.25, -0.2) is 8.78 Å². The molecule has 1 aromatic carbocycles. The molecule has 0 radical (unpaired) electrons. The monoisotopic (exact) mass is 284 g/mol. The van der Waals surface area contributed by atoms with Crippen molar-refractivity contribution in [3.05, 3.63) is 29.8 Å². The van der Waals surface area contributed by atoms with Gasteiger partial charge in [-0.2, -0.15) is 0 Å². The lowest BCUT2D eigenvalue weighted by Gasteiger charge is -2.19. The van der Waals surface area contributed by atoms with Crippen LogP contribution in [0.1, 0.15) is 33.1 Å². The number of hydrogen-bond acceptors (Lipinski definition) is 2. The van der Waals surface area contributed by atoms with Crippen molar-refractivity contribution >= 4 is 11.6 Å². The molecule has 1 amide bonds. The van der Waals surface area contributed by atoms with Gasteiger partial charge >= 0.3 is 0 Å². The van der Waals surface area contributed by atoms with Crippen molar-refractivity contribution in [1.82, 2.24) is 0 Å². The van der Waals surface area contributed by atoms with Crippen LogP contribution in [0.3, 0.4) is 0 Å². The fourth-order valence-corrected chi connectivity index (χ4v) is 2.14. The van der Waals surface area contributed by atoms with Gasteiger partial charge in [-0.15, -0.1) is 0 Å². The van der Waals surface area contributed by atoms with E-state index in [-0.39, 0.29) is 11.6 Å². The summed E-state index contributed by atoms with van der Waals surface area (Å²) in [6.45, 7) is 4.81. The standard InChI is InChI=1S/C15H22F2N2O/c1-10(2)11(7-8-18)3-6-15(20)19-12-4-5-13(16)14(17)9-12/h4-5,9-11H,3,6-8,18H2,1-2H3,(H,19,20). The van der Waals surface area contributed by atoms with E-state index in [1.54, 1.807) is 0 Å². The van der Waals surface area contributed by atoms with E-state index in [1.165, 1.54) is 6.07 Å². The molecule has 0 aliphatic rings. The van der Waals surface area contributed by atoms with Crippen LogP contribution >= 0.6 is 0 Å². The zero-order valence-electron chi connectivity index (χ0n) is 12.0. The van der Waals surface area contributed by atoms with Crippen LogP contribution in [0.2, 0.25) is 0 Å². The first-order chi connectivity index (χ1) is 9.43. The van der Waals surface area contributed by atoms with E-state index in [0.717, 1.165) is 25.0 Å². The van der Waals surface area contributed by atoms with Crippen LogP contribution in [-0.2, 0) is 4.79 Å². The van der Waals surface area contributed by atoms with Crippen molar-refractivity contribution in [3.8, 4) is 0 Å². The number of amides is 1. The molecule has 0 aliphatic carbocycles. The molecular formula is C15H22F2N2O. The van der Waals surface area contributed by atoms with Crippen LogP contribution in [-0.4, -0.2) is 12.5 Å². The van der Waals surface area contributed by atoms with Crippen LogP contribution in [0.15, 0.2) is 18.2 Å². The Hall–Kier alpha value is -1.49. The van der Waals surface area contributed by atoms with Crippen LogP contribution in [0.5, 0.6) is 0 Å². The Kier molecular flexibility index (Phi) is 6.58. The Balaban J connectivity index is 2.48. The smallest absolute Gasteiger partial charge is 0.224 e. The van der Waals surface area contributed by atoms with Crippen molar-refractivity contribution in [3.63, 3.8) is 0 Å². The summed E-state index contributed by atoms with van der Waals surface area (Å²) in [6, 6.07) is 3.32. The lowest BCUT2D eigenvalue weighted by molar-refractivity contribution is -0.116. The summed E-state index contributed by atoms with van der Waals surface area (Å²) in [5.74, 6) is -1.22. The molecule has 0 saturated heterocycles. The van der Waals surface area contributed by atoms with E-state index in [1.807, 2.05) is 0 Å². The van der Waals surface area contributed by atoms with Crippen molar-refractivity contribution in [1.29, 1.82) is 0 Å². The van der Waals surface area contributed by atoms with Gasteiger partial charge in [-0.05, 0) is 43.4 Å². The third kappa shape index (κ3) is 5.25. The SMILES string of the molecule is CC(C)C(CCN)CCC(=O)Nc1ccc(F)c(F)c1. The Morgan fingerprint density at radius 3 is 2.50 bits per heavy atom. The lowest BCUT2D eigenvalue weighted by Crippen LogP contribution is -2.18. The van der Waals surface area contributed by atoms with Crippen molar-refractivity contribution < 1.29 is 13.6 Å². The number of nitrogens with one attached hydrogen (secondary N) is 1. The normalized spacial score (nSPS) is 12.5. The largest absolute Gasteiger partial charge is 0.330 e. The van der Waals surface area contributed by atoms with Crippen molar-refractivity contribution in [2.45, 2.75) is 33.1 Å². The molecule has 1 unspecified atom stereocenters. The predicted octanol–water partition coefficient (Wildman–Crippen LogP) is 3.30. The Labute approximate surface area is 118 Å². The molecule has 0 fully saturated rings. The number of rotatable bonds is 7. The van der Waals surface area contributed by atoms with E-state index < -0.39 is 11.6 Å². The zero-order chi connectivity index (χ0) is 15.1. The maximum absolute atomic E-state index is 13.0. The zero-order valence-corrected chi connectivity index (χ0v) is 12.0. The first-order valence-electron chi connectivity index (χ1n) is 6.89. The number of nitrogens with two attached hydrogens (primary N) is 1. The number of anilines is 1. The van der Waals surface area contributed by atoms with Crippen LogP contribution in [0.25, 0.3) is 0 Å². The van der Waals surface area contributed by atoms with Gasteiger partial charge in [-0.3, -0.25) is 4.79 Å². The van der Waals surface area contributed by atoms with E-state index >= 15 is 0 Å². The molecule has 1 rings (SSSR count). The molecule has 0 spiro atoms. The second kappa shape index (κ2) is 7.94. The van der Waals surface area contributed by atoms with E-state index in [9.17, 15) is 13.6 Å².